The number of imide groups is 1. The highest BCUT2D eigenvalue weighted by atomic mass is 16.5. The van der Waals surface area contributed by atoms with Gasteiger partial charge in [-0.2, -0.15) is 0 Å². The van der Waals surface area contributed by atoms with Gasteiger partial charge in [0.1, 0.15) is 22.9 Å². The van der Waals surface area contributed by atoms with E-state index in [0.717, 1.165) is 16.0 Å². The number of aryl methyl sites for hydroxylation is 2. The molecule has 1 heterocycles. The van der Waals surface area contributed by atoms with E-state index in [-0.39, 0.29) is 5.70 Å². The molecule has 3 aromatic carbocycles. The van der Waals surface area contributed by atoms with Gasteiger partial charge in [-0.3, -0.25) is 9.59 Å². The summed E-state index contributed by atoms with van der Waals surface area (Å²) in [6, 6.07) is 17.8. The minimum atomic E-state index is -0.467. The van der Waals surface area contributed by atoms with E-state index in [0.29, 0.717) is 39.8 Å². The molecule has 0 atom stereocenters. The molecule has 4 rings (SSSR count). The molecule has 0 radical (unpaired) electrons. The number of rotatable bonds is 7. The van der Waals surface area contributed by atoms with Gasteiger partial charge in [-0.05, 0) is 49.2 Å². The van der Waals surface area contributed by atoms with E-state index in [2.05, 4.69) is 5.32 Å². The lowest BCUT2D eigenvalue weighted by Crippen LogP contribution is -2.32. The largest absolute Gasteiger partial charge is 0.497 e. The molecule has 3 aromatic rings. The molecule has 7 nitrogen and oxygen atoms in total. The second-order valence-corrected chi connectivity index (χ2v) is 7.91. The highest BCUT2D eigenvalue weighted by molar-refractivity contribution is 6.46. The molecule has 0 saturated carbocycles. The number of ether oxygens (including phenoxy) is 3. The summed E-state index contributed by atoms with van der Waals surface area (Å²) in [4.78, 5) is 28.6. The Kier molecular flexibility index (Phi) is 6.27. The first kappa shape index (κ1) is 22.9. The van der Waals surface area contributed by atoms with Crippen molar-refractivity contribution in [3.05, 3.63) is 83.1 Å². The normalized spacial score (nSPS) is 13.4. The van der Waals surface area contributed by atoms with Crippen LogP contribution in [0.5, 0.6) is 17.2 Å². The van der Waals surface area contributed by atoms with E-state index < -0.39 is 11.8 Å². The number of hydrogen-bond donors (Lipinski definition) is 1. The molecular weight excluding hydrogens is 432 g/mol. The van der Waals surface area contributed by atoms with Crippen molar-refractivity contribution in [2.45, 2.75) is 13.8 Å². The topological polar surface area (TPSA) is 77.1 Å². The molecule has 1 aliphatic rings. The number of amides is 2. The molecule has 34 heavy (non-hydrogen) atoms. The molecule has 0 aromatic heterocycles. The van der Waals surface area contributed by atoms with Crippen LogP contribution >= 0.6 is 0 Å². The van der Waals surface area contributed by atoms with Crippen LogP contribution in [0.15, 0.2) is 66.4 Å². The standard InChI is InChI=1S/C27H26N2O5/c1-16-9-11-21(17(2)13-16)24-25(28-22-12-10-20(33-4)15-23(22)34-5)27(31)29(26(24)30)18-7-6-8-19(14-18)32-3/h6-15,28H,1-5H3. The highest BCUT2D eigenvalue weighted by Gasteiger charge is 2.41. The van der Waals surface area contributed by atoms with Crippen LogP contribution < -0.4 is 24.4 Å². The number of carbonyl (C=O) groups is 2. The van der Waals surface area contributed by atoms with Crippen LogP contribution in [-0.2, 0) is 9.59 Å². The smallest absolute Gasteiger partial charge is 0.282 e. The number of anilines is 2. The molecular formula is C27H26N2O5. The lowest BCUT2D eigenvalue weighted by molar-refractivity contribution is -0.120. The van der Waals surface area contributed by atoms with Gasteiger partial charge in [0, 0.05) is 12.1 Å². The van der Waals surface area contributed by atoms with Gasteiger partial charge in [0.05, 0.1) is 38.3 Å². The van der Waals surface area contributed by atoms with Crippen LogP contribution in [0.2, 0.25) is 0 Å². The van der Waals surface area contributed by atoms with E-state index in [1.807, 2.05) is 32.0 Å². The number of benzene rings is 3. The van der Waals surface area contributed by atoms with Crippen LogP contribution in [-0.4, -0.2) is 33.1 Å². The Morgan fingerprint density at radius 2 is 1.50 bits per heavy atom. The van der Waals surface area contributed by atoms with Crippen molar-refractivity contribution >= 4 is 28.8 Å². The predicted molar refractivity (Wildman–Crippen MR) is 131 cm³/mol. The van der Waals surface area contributed by atoms with Gasteiger partial charge in [-0.15, -0.1) is 0 Å². The first-order chi connectivity index (χ1) is 16.4. The maximum Gasteiger partial charge on any atom is 0.282 e. The van der Waals surface area contributed by atoms with Crippen molar-refractivity contribution in [1.82, 2.24) is 0 Å². The molecule has 7 heteroatoms. The Labute approximate surface area is 198 Å². The third kappa shape index (κ3) is 4.08. The number of methoxy groups -OCH3 is 3. The van der Waals surface area contributed by atoms with Crippen LogP contribution in [0.3, 0.4) is 0 Å². The number of nitrogens with one attached hydrogen (secondary N) is 1. The fraction of sp³-hybridized carbons (Fsp3) is 0.185. The molecule has 0 unspecified atom stereocenters. The molecule has 0 spiro atoms. The summed E-state index contributed by atoms with van der Waals surface area (Å²) in [6.07, 6.45) is 0. The monoisotopic (exact) mass is 458 g/mol. The van der Waals surface area contributed by atoms with Gasteiger partial charge in [0.15, 0.2) is 0 Å². The molecule has 0 bridgehead atoms. The second-order valence-electron chi connectivity index (χ2n) is 7.91. The first-order valence-corrected chi connectivity index (χ1v) is 10.7. The van der Waals surface area contributed by atoms with Crippen molar-refractivity contribution in [2.75, 3.05) is 31.5 Å². The number of hydrogen-bond acceptors (Lipinski definition) is 6. The zero-order valence-electron chi connectivity index (χ0n) is 19.8. The average Bonchev–Trinajstić information content (AvgIpc) is 3.08. The van der Waals surface area contributed by atoms with Gasteiger partial charge in [0.2, 0.25) is 0 Å². The van der Waals surface area contributed by atoms with Crippen LogP contribution in [0.25, 0.3) is 5.57 Å². The maximum atomic E-state index is 13.7. The molecule has 0 fully saturated rings. The fourth-order valence-corrected chi connectivity index (χ4v) is 4.01. The molecule has 1 aliphatic heterocycles. The molecule has 1 N–H and O–H groups in total. The molecule has 0 aliphatic carbocycles. The quantitative estimate of drug-likeness (QED) is 0.516. The van der Waals surface area contributed by atoms with Crippen LogP contribution in [0.1, 0.15) is 16.7 Å². The minimum Gasteiger partial charge on any atom is -0.497 e. The fourth-order valence-electron chi connectivity index (χ4n) is 4.01. The molecule has 0 saturated heterocycles. The Bertz CT molecular complexity index is 1310. The summed E-state index contributed by atoms with van der Waals surface area (Å²) >= 11 is 0. The van der Waals surface area contributed by atoms with Crippen molar-refractivity contribution in [2.24, 2.45) is 0 Å². The zero-order valence-corrected chi connectivity index (χ0v) is 19.8. The Morgan fingerprint density at radius 1 is 0.765 bits per heavy atom. The number of nitrogens with zero attached hydrogens (tertiary/aromatic N) is 1. The SMILES string of the molecule is COc1cccc(N2C(=O)C(Nc3ccc(OC)cc3OC)=C(c3ccc(C)cc3C)C2=O)c1. The molecule has 2 amide bonds. The van der Waals surface area contributed by atoms with Gasteiger partial charge in [-0.25, -0.2) is 4.90 Å². The average molecular weight is 459 g/mol. The Morgan fingerprint density at radius 3 is 2.18 bits per heavy atom. The van der Waals surface area contributed by atoms with E-state index >= 15 is 0 Å². The van der Waals surface area contributed by atoms with Crippen LogP contribution in [0.4, 0.5) is 11.4 Å². The van der Waals surface area contributed by atoms with E-state index in [1.54, 1.807) is 49.6 Å². The zero-order chi connectivity index (χ0) is 24.4. The Hall–Kier alpha value is -4.26. The summed E-state index contributed by atoms with van der Waals surface area (Å²) in [5.41, 5.74) is 4.07. The summed E-state index contributed by atoms with van der Waals surface area (Å²) in [5.74, 6) is 0.750. The van der Waals surface area contributed by atoms with Gasteiger partial charge in [0.25, 0.3) is 11.8 Å². The van der Waals surface area contributed by atoms with E-state index in [9.17, 15) is 9.59 Å². The third-order valence-corrected chi connectivity index (χ3v) is 5.72. The molecule has 174 valence electrons. The summed E-state index contributed by atoms with van der Waals surface area (Å²) < 4.78 is 16.1. The summed E-state index contributed by atoms with van der Waals surface area (Å²) in [6.45, 7) is 3.91. The van der Waals surface area contributed by atoms with Crippen molar-refractivity contribution in [3.8, 4) is 17.2 Å². The van der Waals surface area contributed by atoms with E-state index in [1.165, 1.54) is 14.2 Å². The van der Waals surface area contributed by atoms with E-state index in [4.69, 9.17) is 14.2 Å². The Balaban J connectivity index is 1.87. The van der Waals surface area contributed by atoms with Crippen molar-refractivity contribution < 1.29 is 23.8 Å². The van der Waals surface area contributed by atoms with Gasteiger partial charge >= 0.3 is 0 Å². The predicted octanol–water partition coefficient (Wildman–Crippen LogP) is 4.73. The van der Waals surface area contributed by atoms with Gasteiger partial charge in [-0.1, -0.05) is 29.8 Å². The lowest BCUT2D eigenvalue weighted by Gasteiger charge is -2.17. The maximum absolute atomic E-state index is 13.7. The summed E-state index contributed by atoms with van der Waals surface area (Å²) in [5, 5.41) is 3.17. The van der Waals surface area contributed by atoms with Gasteiger partial charge < -0.3 is 19.5 Å². The third-order valence-electron chi connectivity index (χ3n) is 5.72. The lowest BCUT2D eigenvalue weighted by atomic mass is 9.97. The summed E-state index contributed by atoms with van der Waals surface area (Å²) in [7, 11) is 4.63. The minimum absolute atomic E-state index is 0.170. The first-order valence-electron chi connectivity index (χ1n) is 10.7. The van der Waals surface area contributed by atoms with Crippen molar-refractivity contribution in [3.63, 3.8) is 0 Å². The van der Waals surface area contributed by atoms with Crippen molar-refractivity contribution in [1.29, 1.82) is 0 Å². The highest BCUT2D eigenvalue weighted by Crippen LogP contribution is 2.38. The van der Waals surface area contributed by atoms with Crippen LogP contribution in [0, 0.1) is 13.8 Å². The second kappa shape index (κ2) is 9.31. The number of carbonyl (C=O) groups excluding carboxylic acids is 2.